The maximum Gasteiger partial charge on any atom is 0.227 e. The molecule has 27 heavy (non-hydrogen) atoms. The minimum absolute atomic E-state index is 0. The van der Waals surface area contributed by atoms with Crippen LogP contribution in [0.3, 0.4) is 0 Å². The van der Waals surface area contributed by atoms with E-state index in [1.54, 1.807) is 17.7 Å². The predicted octanol–water partition coefficient (Wildman–Crippen LogP) is 2.93. The Bertz CT molecular complexity index is 763. The zero-order valence-electron chi connectivity index (χ0n) is 15.8. The molecule has 0 spiro atoms. The first-order valence-electron chi connectivity index (χ1n) is 9.72. The van der Waals surface area contributed by atoms with E-state index in [0.717, 1.165) is 74.4 Å². The van der Waals surface area contributed by atoms with Crippen LogP contribution in [0, 0.1) is 5.92 Å². The van der Waals surface area contributed by atoms with Gasteiger partial charge in [-0.25, -0.2) is 9.97 Å². The summed E-state index contributed by atoms with van der Waals surface area (Å²) in [6.45, 7) is 6.70. The van der Waals surface area contributed by atoms with Gasteiger partial charge in [-0.2, -0.15) is 0 Å². The molecule has 2 aliphatic rings. The molecule has 4 heterocycles. The average molecular weight is 410 g/mol. The number of halogens is 1. The Morgan fingerprint density at radius 1 is 1.41 bits per heavy atom. The molecule has 0 bridgehead atoms. The van der Waals surface area contributed by atoms with Crippen molar-refractivity contribution in [1.29, 1.82) is 0 Å². The number of fused-ring (bicyclic) bond motifs is 1. The number of piperidine rings is 1. The molecule has 2 aromatic heterocycles. The molecule has 6 nitrogen and oxygen atoms in total. The van der Waals surface area contributed by atoms with Gasteiger partial charge in [-0.3, -0.25) is 4.79 Å². The van der Waals surface area contributed by atoms with Gasteiger partial charge in [0.25, 0.3) is 0 Å². The van der Waals surface area contributed by atoms with Gasteiger partial charge in [0.2, 0.25) is 5.91 Å². The predicted molar refractivity (Wildman–Crippen MR) is 113 cm³/mol. The molecule has 2 saturated heterocycles. The van der Waals surface area contributed by atoms with E-state index in [4.69, 9.17) is 0 Å². The van der Waals surface area contributed by atoms with Crippen molar-refractivity contribution in [2.45, 2.75) is 38.6 Å². The third kappa shape index (κ3) is 4.20. The molecule has 2 atom stereocenters. The number of carbonyl (C=O) groups excluding carboxylic acids is 1. The second-order valence-electron chi connectivity index (χ2n) is 7.30. The molecule has 8 heteroatoms. The number of nitrogens with one attached hydrogen (secondary N) is 1. The zero-order valence-corrected chi connectivity index (χ0v) is 17.4. The van der Waals surface area contributed by atoms with Gasteiger partial charge in [0, 0.05) is 32.2 Å². The fraction of sp³-hybridized carbons (Fsp3) is 0.632. The lowest BCUT2D eigenvalue weighted by molar-refractivity contribution is -0.137. The summed E-state index contributed by atoms with van der Waals surface area (Å²) in [4.78, 5) is 27.7. The highest BCUT2D eigenvalue weighted by Crippen LogP contribution is 2.30. The van der Waals surface area contributed by atoms with E-state index in [1.807, 2.05) is 0 Å². The fourth-order valence-electron chi connectivity index (χ4n) is 4.25. The molecule has 148 valence electrons. The molecule has 0 radical (unpaired) electrons. The molecule has 1 amide bonds. The van der Waals surface area contributed by atoms with E-state index >= 15 is 0 Å². The van der Waals surface area contributed by atoms with E-state index in [-0.39, 0.29) is 18.3 Å². The maximum absolute atomic E-state index is 13.3. The topological polar surface area (TPSA) is 61.4 Å². The quantitative estimate of drug-likeness (QED) is 0.822. The van der Waals surface area contributed by atoms with Gasteiger partial charge < -0.3 is 15.1 Å². The number of rotatable bonds is 5. The van der Waals surface area contributed by atoms with Crippen LogP contribution < -0.4 is 10.2 Å². The second-order valence-corrected chi connectivity index (χ2v) is 8.19. The Kier molecular flexibility index (Phi) is 6.89. The molecule has 2 aromatic rings. The van der Waals surface area contributed by atoms with E-state index in [2.05, 4.69) is 43.5 Å². The van der Waals surface area contributed by atoms with Crippen molar-refractivity contribution in [3.63, 3.8) is 0 Å². The van der Waals surface area contributed by atoms with Gasteiger partial charge in [0.1, 0.15) is 17.0 Å². The lowest BCUT2D eigenvalue weighted by atomic mass is 9.95. The molecule has 2 aliphatic heterocycles. The molecule has 2 unspecified atom stereocenters. The number of amides is 1. The number of nitrogens with zero attached hydrogens (tertiary/aromatic N) is 4. The highest BCUT2D eigenvalue weighted by molar-refractivity contribution is 7.16. The number of hydrogen-bond acceptors (Lipinski definition) is 6. The van der Waals surface area contributed by atoms with E-state index < -0.39 is 0 Å². The van der Waals surface area contributed by atoms with Crippen LogP contribution in [0.5, 0.6) is 0 Å². The summed E-state index contributed by atoms with van der Waals surface area (Å²) in [6, 6.07) is 2.45. The summed E-state index contributed by atoms with van der Waals surface area (Å²) in [5.41, 5.74) is 0. The third-order valence-corrected chi connectivity index (χ3v) is 6.35. The van der Waals surface area contributed by atoms with Crippen molar-refractivity contribution in [2.75, 3.05) is 37.6 Å². The first-order chi connectivity index (χ1) is 12.8. The number of aromatic nitrogens is 2. The summed E-state index contributed by atoms with van der Waals surface area (Å²) >= 11 is 1.64. The smallest absolute Gasteiger partial charge is 0.227 e. The minimum atomic E-state index is 0. The van der Waals surface area contributed by atoms with Gasteiger partial charge in [0.05, 0.1) is 11.3 Å². The maximum atomic E-state index is 13.3. The van der Waals surface area contributed by atoms with Crippen LogP contribution in [0.25, 0.3) is 10.2 Å². The first kappa shape index (κ1) is 20.3. The molecule has 0 saturated carbocycles. The summed E-state index contributed by atoms with van der Waals surface area (Å²) in [7, 11) is 0. The van der Waals surface area contributed by atoms with Crippen LogP contribution in [-0.4, -0.2) is 59.5 Å². The zero-order chi connectivity index (χ0) is 17.9. The third-order valence-electron chi connectivity index (χ3n) is 5.53. The van der Waals surface area contributed by atoms with Crippen molar-refractivity contribution in [3.05, 3.63) is 17.8 Å². The number of thiophene rings is 1. The molecule has 4 rings (SSSR count). The van der Waals surface area contributed by atoms with Crippen LogP contribution >= 0.6 is 23.7 Å². The summed E-state index contributed by atoms with van der Waals surface area (Å²) in [6.07, 6.45) is 5.75. The second kappa shape index (κ2) is 9.17. The van der Waals surface area contributed by atoms with Crippen LogP contribution in [-0.2, 0) is 4.79 Å². The lowest BCUT2D eigenvalue weighted by Crippen LogP contribution is -2.49. The van der Waals surface area contributed by atoms with Crippen molar-refractivity contribution >= 4 is 45.7 Å². The molecule has 2 fully saturated rings. The first-order valence-corrected chi connectivity index (χ1v) is 10.6. The van der Waals surface area contributed by atoms with Crippen LogP contribution in [0.1, 0.15) is 32.6 Å². The fourth-order valence-corrected chi connectivity index (χ4v) is 4.98. The standard InChI is InChI=1S/C19H27N5OS.ClH/c1-2-8-24(15-5-7-20-11-15)19(25)14-4-3-9-23(12-14)17-16-6-10-26-18(16)22-13-21-17;/h6,10,13-15,20H,2-5,7-9,11-12H2,1H3;1H. The molecule has 0 aromatic carbocycles. The Balaban J connectivity index is 0.00000210. The van der Waals surface area contributed by atoms with Gasteiger partial charge >= 0.3 is 0 Å². The van der Waals surface area contributed by atoms with Crippen molar-refractivity contribution in [1.82, 2.24) is 20.2 Å². The van der Waals surface area contributed by atoms with Crippen molar-refractivity contribution < 1.29 is 4.79 Å². The molecular formula is C19H28ClN5OS. The van der Waals surface area contributed by atoms with Gasteiger partial charge in [-0.15, -0.1) is 23.7 Å². The van der Waals surface area contributed by atoms with Crippen LogP contribution in [0.15, 0.2) is 17.8 Å². The molecule has 0 aliphatic carbocycles. The van der Waals surface area contributed by atoms with Crippen LogP contribution in [0.4, 0.5) is 5.82 Å². The Labute approximate surface area is 170 Å². The Morgan fingerprint density at radius 3 is 3.07 bits per heavy atom. The van der Waals surface area contributed by atoms with Gasteiger partial charge in [-0.05, 0) is 43.7 Å². The number of hydrogen-bond donors (Lipinski definition) is 1. The summed E-state index contributed by atoms with van der Waals surface area (Å²) in [5, 5.41) is 6.57. The summed E-state index contributed by atoms with van der Waals surface area (Å²) < 4.78 is 0. The number of anilines is 1. The summed E-state index contributed by atoms with van der Waals surface area (Å²) in [5.74, 6) is 1.39. The normalized spacial score (nSPS) is 22.6. The SMILES string of the molecule is CCCN(C(=O)C1CCCN(c2ncnc3sccc23)C1)C1CCNC1.Cl. The van der Waals surface area contributed by atoms with Crippen molar-refractivity contribution in [2.24, 2.45) is 5.92 Å². The largest absolute Gasteiger partial charge is 0.355 e. The molecule has 1 N–H and O–H groups in total. The van der Waals surface area contributed by atoms with E-state index in [9.17, 15) is 4.79 Å². The Hall–Kier alpha value is -1.44. The van der Waals surface area contributed by atoms with Crippen LogP contribution in [0.2, 0.25) is 0 Å². The number of carbonyl (C=O) groups is 1. The Morgan fingerprint density at radius 2 is 2.30 bits per heavy atom. The highest BCUT2D eigenvalue weighted by atomic mass is 35.5. The highest BCUT2D eigenvalue weighted by Gasteiger charge is 2.34. The van der Waals surface area contributed by atoms with E-state index in [1.165, 1.54) is 0 Å². The lowest BCUT2D eigenvalue weighted by Gasteiger charge is -2.37. The van der Waals surface area contributed by atoms with E-state index in [0.29, 0.717) is 11.9 Å². The molecular weight excluding hydrogens is 382 g/mol. The average Bonchev–Trinajstić information content (AvgIpc) is 3.37. The van der Waals surface area contributed by atoms with Gasteiger partial charge in [0.15, 0.2) is 0 Å². The minimum Gasteiger partial charge on any atom is -0.355 e. The monoisotopic (exact) mass is 409 g/mol. The van der Waals surface area contributed by atoms with Crippen molar-refractivity contribution in [3.8, 4) is 0 Å². The van der Waals surface area contributed by atoms with Gasteiger partial charge in [-0.1, -0.05) is 6.92 Å².